The lowest BCUT2D eigenvalue weighted by Gasteiger charge is -2.10. The van der Waals surface area contributed by atoms with Gasteiger partial charge in [-0.3, -0.25) is 14.9 Å². The van der Waals surface area contributed by atoms with Crippen LogP contribution >= 0.6 is 0 Å². The number of hydrogen-bond donors (Lipinski definition) is 1. The zero-order chi connectivity index (χ0) is 21.9. The van der Waals surface area contributed by atoms with Crippen LogP contribution < -0.4 is 10.1 Å². The van der Waals surface area contributed by atoms with Gasteiger partial charge in [0, 0.05) is 29.4 Å². The number of hydrogen-bond acceptors (Lipinski definition) is 6. The fourth-order valence-corrected chi connectivity index (χ4v) is 2.40. The van der Waals surface area contributed by atoms with E-state index in [0.29, 0.717) is 11.8 Å². The second-order valence-electron chi connectivity index (χ2n) is 6.02. The molecule has 0 aliphatic heterocycles. The smallest absolute Gasteiger partial charge is 0.433 e. The normalized spacial score (nSPS) is 11.1. The van der Waals surface area contributed by atoms with E-state index in [4.69, 9.17) is 4.74 Å². The minimum atomic E-state index is -4.63. The first-order chi connectivity index (χ1) is 14.1. The van der Waals surface area contributed by atoms with Gasteiger partial charge in [0.1, 0.15) is 11.6 Å². The number of nitrogens with one attached hydrogen (secondary N) is 1. The summed E-state index contributed by atoms with van der Waals surface area (Å²) in [5.41, 5.74) is -0.642. The predicted octanol–water partition coefficient (Wildman–Crippen LogP) is 4.76. The highest BCUT2D eigenvalue weighted by Crippen LogP contribution is 2.31. The molecule has 1 aromatic heterocycles. The number of nitro groups is 1. The van der Waals surface area contributed by atoms with E-state index in [1.165, 1.54) is 55.5 Å². The number of aromatic nitrogens is 2. The van der Waals surface area contributed by atoms with Gasteiger partial charge in [0.15, 0.2) is 5.69 Å². The molecule has 3 aromatic rings. The van der Waals surface area contributed by atoms with Gasteiger partial charge < -0.3 is 10.1 Å². The fraction of sp³-hybridized carbons (Fsp3) is 0.105. The number of carbonyl (C=O) groups is 1. The standard InChI is InChI=1S/C19H13F3N4O4/c1-11-23-16(19(20,21)22)10-17(24-11)30-15-8-4-13(5-9-15)25-18(27)12-2-6-14(7-3-12)26(28)29/h2-10H,1H3,(H,25,27). The minimum Gasteiger partial charge on any atom is -0.439 e. The molecule has 0 atom stereocenters. The third-order valence-electron chi connectivity index (χ3n) is 3.78. The lowest BCUT2D eigenvalue weighted by Crippen LogP contribution is -2.11. The molecular weight excluding hydrogens is 405 g/mol. The van der Waals surface area contributed by atoms with Crippen LogP contribution in [-0.2, 0) is 6.18 Å². The van der Waals surface area contributed by atoms with Gasteiger partial charge in [-0.25, -0.2) is 4.98 Å². The summed E-state index contributed by atoms with van der Waals surface area (Å²) in [7, 11) is 0. The van der Waals surface area contributed by atoms with E-state index in [1.807, 2.05) is 0 Å². The number of alkyl halides is 3. The molecule has 0 saturated carbocycles. The second-order valence-corrected chi connectivity index (χ2v) is 6.02. The Morgan fingerprint density at radius 3 is 2.27 bits per heavy atom. The molecule has 0 unspecified atom stereocenters. The Morgan fingerprint density at radius 1 is 1.07 bits per heavy atom. The molecule has 1 heterocycles. The van der Waals surface area contributed by atoms with Crippen molar-refractivity contribution in [2.45, 2.75) is 13.1 Å². The summed E-state index contributed by atoms with van der Waals surface area (Å²) in [6.45, 7) is 1.32. The molecule has 30 heavy (non-hydrogen) atoms. The van der Waals surface area contributed by atoms with Gasteiger partial charge in [0.25, 0.3) is 11.6 Å². The number of nitro benzene ring substituents is 1. The molecule has 0 bridgehead atoms. The SMILES string of the molecule is Cc1nc(Oc2ccc(NC(=O)c3ccc([N+](=O)[O-])cc3)cc2)cc(C(F)(F)F)n1. The molecular formula is C19H13F3N4O4. The van der Waals surface area contributed by atoms with Crippen LogP contribution in [0.25, 0.3) is 0 Å². The summed E-state index contributed by atoms with van der Waals surface area (Å²) in [6.07, 6.45) is -4.63. The Bertz CT molecular complexity index is 1080. The maximum Gasteiger partial charge on any atom is 0.433 e. The van der Waals surface area contributed by atoms with Crippen LogP contribution in [0.2, 0.25) is 0 Å². The van der Waals surface area contributed by atoms with E-state index in [1.54, 1.807) is 0 Å². The van der Waals surface area contributed by atoms with Gasteiger partial charge in [-0.05, 0) is 43.3 Å². The fourth-order valence-electron chi connectivity index (χ4n) is 2.40. The number of benzene rings is 2. The summed E-state index contributed by atoms with van der Waals surface area (Å²) in [5.74, 6) is -0.640. The number of amides is 1. The summed E-state index contributed by atoms with van der Waals surface area (Å²) < 4.78 is 43.9. The number of rotatable bonds is 5. The quantitative estimate of drug-likeness (QED) is 0.473. The molecule has 1 N–H and O–H groups in total. The molecule has 0 spiro atoms. The zero-order valence-corrected chi connectivity index (χ0v) is 15.3. The molecule has 0 fully saturated rings. The molecule has 0 aliphatic rings. The largest absolute Gasteiger partial charge is 0.439 e. The van der Waals surface area contributed by atoms with E-state index in [9.17, 15) is 28.1 Å². The Labute approximate surface area is 167 Å². The Hall–Kier alpha value is -4.02. The van der Waals surface area contributed by atoms with Crippen LogP contribution in [0, 0.1) is 17.0 Å². The van der Waals surface area contributed by atoms with Crippen LogP contribution in [0.4, 0.5) is 24.5 Å². The Kier molecular flexibility index (Phi) is 5.63. The Morgan fingerprint density at radius 2 is 1.70 bits per heavy atom. The lowest BCUT2D eigenvalue weighted by atomic mass is 10.2. The van der Waals surface area contributed by atoms with Crippen molar-refractivity contribution in [1.82, 2.24) is 9.97 Å². The van der Waals surface area contributed by atoms with Crippen molar-refractivity contribution in [3.63, 3.8) is 0 Å². The molecule has 2 aromatic carbocycles. The highest BCUT2D eigenvalue weighted by molar-refractivity contribution is 6.04. The van der Waals surface area contributed by atoms with E-state index in [2.05, 4.69) is 15.3 Å². The number of carbonyl (C=O) groups excluding carboxylic acids is 1. The van der Waals surface area contributed by atoms with Crippen molar-refractivity contribution >= 4 is 17.3 Å². The molecule has 11 heteroatoms. The maximum atomic E-state index is 12.8. The molecule has 154 valence electrons. The van der Waals surface area contributed by atoms with Crippen molar-refractivity contribution in [2.75, 3.05) is 5.32 Å². The number of nitrogens with zero attached hydrogens (tertiary/aromatic N) is 3. The molecule has 0 radical (unpaired) electrons. The van der Waals surface area contributed by atoms with Crippen molar-refractivity contribution in [3.8, 4) is 11.6 Å². The third kappa shape index (κ3) is 5.07. The lowest BCUT2D eigenvalue weighted by molar-refractivity contribution is -0.384. The van der Waals surface area contributed by atoms with Crippen LogP contribution in [0.5, 0.6) is 11.6 Å². The number of non-ortho nitro benzene ring substituents is 1. The van der Waals surface area contributed by atoms with Crippen LogP contribution in [0.3, 0.4) is 0 Å². The maximum absolute atomic E-state index is 12.8. The minimum absolute atomic E-state index is 0.0909. The first-order valence-corrected chi connectivity index (χ1v) is 8.38. The third-order valence-corrected chi connectivity index (χ3v) is 3.78. The van der Waals surface area contributed by atoms with Crippen LogP contribution in [-0.4, -0.2) is 20.8 Å². The van der Waals surface area contributed by atoms with Gasteiger partial charge in [-0.15, -0.1) is 0 Å². The molecule has 8 nitrogen and oxygen atoms in total. The average molecular weight is 418 g/mol. The van der Waals surface area contributed by atoms with Crippen LogP contribution in [0.15, 0.2) is 54.6 Å². The van der Waals surface area contributed by atoms with E-state index in [-0.39, 0.29) is 28.7 Å². The topological polar surface area (TPSA) is 107 Å². The number of anilines is 1. The summed E-state index contributed by atoms with van der Waals surface area (Å²) in [6, 6.07) is 11.6. The van der Waals surface area contributed by atoms with Gasteiger partial charge in [-0.1, -0.05) is 0 Å². The van der Waals surface area contributed by atoms with Gasteiger partial charge >= 0.3 is 6.18 Å². The van der Waals surface area contributed by atoms with E-state index in [0.717, 1.165) is 0 Å². The molecule has 0 saturated heterocycles. The summed E-state index contributed by atoms with van der Waals surface area (Å²) >= 11 is 0. The van der Waals surface area contributed by atoms with Gasteiger partial charge in [-0.2, -0.15) is 18.2 Å². The molecule has 0 aliphatic carbocycles. The number of halogens is 3. The average Bonchev–Trinajstić information content (AvgIpc) is 2.68. The van der Waals surface area contributed by atoms with Crippen molar-refractivity contribution in [1.29, 1.82) is 0 Å². The second kappa shape index (κ2) is 8.15. The van der Waals surface area contributed by atoms with Gasteiger partial charge in [0.2, 0.25) is 5.88 Å². The highest BCUT2D eigenvalue weighted by atomic mass is 19.4. The van der Waals surface area contributed by atoms with Crippen LogP contribution in [0.1, 0.15) is 21.9 Å². The number of aryl methyl sites for hydroxylation is 1. The predicted molar refractivity (Wildman–Crippen MR) is 99.3 cm³/mol. The van der Waals surface area contributed by atoms with Gasteiger partial charge in [0.05, 0.1) is 4.92 Å². The summed E-state index contributed by atoms with van der Waals surface area (Å²) in [5, 5.41) is 13.2. The monoisotopic (exact) mass is 418 g/mol. The first kappa shape index (κ1) is 20.7. The van der Waals surface area contributed by atoms with Crippen molar-refractivity contribution < 1.29 is 27.6 Å². The zero-order valence-electron chi connectivity index (χ0n) is 15.3. The highest BCUT2D eigenvalue weighted by Gasteiger charge is 2.33. The summed E-state index contributed by atoms with van der Waals surface area (Å²) in [4.78, 5) is 29.4. The first-order valence-electron chi connectivity index (χ1n) is 8.38. The van der Waals surface area contributed by atoms with Crippen molar-refractivity contribution in [2.24, 2.45) is 0 Å². The van der Waals surface area contributed by atoms with Crippen molar-refractivity contribution in [3.05, 3.63) is 81.8 Å². The van der Waals surface area contributed by atoms with E-state index < -0.39 is 22.7 Å². The number of ether oxygens (including phenoxy) is 1. The molecule has 3 rings (SSSR count). The van der Waals surface area contributed by atoms with E-state index >= 15 is 0 Å². The Balaban J connectivity index is 1.69. The molecule has 1 amide bonds.